The minimum absolute atomic E-state index is 0.0876. The number of hydrogen-bond acceptors (Lipinski definition) is 4. The summed E-state index contributed by atoms with van der Waals surface area (Å²) in [7, 11) is 0. The number of carbonyl (C=O) groups is 1. The van der Waals surface area contributed by atoms with Crippen molar-refractivity contribution in [1.29, 1.82) is 0 Å². The van der Waals surface area contributed by atoms with E-state index in [1.807, 2.05) is 28.8 Å². The Hall–Kier alpha value is -3.12. The number of fused-ring (bicyclic) bond motifs is 1. The number of aromatic nitrogens is 3. The van der Waals surface area contributed by atoms with Crippen LogP contribution in [0, 0.1) is 0 Å². The number of nitrogens with one attached hydrogen (secondary N) is 1. The first-order chi connectivity index (χ1) is 14.7. The van der Waals surface area contributed by atoms with Crippen molar-refractivity contribution in [2.45, 2.75) is 24.2 Å². The highest BCUT2D eigenvalue weighted by Gasteiger charge is 2.06. The zero-order valence-corrected chi connectivity index (χ0v) is 17.7. The van der Waals surface area contributed by atoms with E-state index in [9.17, 15) is 4.79 Å². The lowest BCUT2D eigenvalue weighted by Gasteiger charge is -2.07. The number of pyridine rings is 1. The first-order valence-electron chi connectivity index (χ1n) is 10.00. The molecule has 0 atom stereocenters. The molecule has 2 aromatic carbocycles. The molecule has 4 aromatic rings. The molecule has 152 valence electrons. The van der Waals surface area contributed by atoms with Gasteiger partial charge < -0.3 is 5.32 Å². The molecule has 0 aliphatic heterocycles. The molecule has 5 nitrogen and oxygen atoms in total. The smallest absolute Gasteiger partial charge is 0.220 e. The zero-order chi connectivity index (χ0) is 20.8. The van der Waals surface area contributed by atoms with Crippen LogP contribution in [-0.4, -0.2) is 33.2 Å². The Balaban J connectivity index is 1.26. The van der Waals surface area contributed by atoms with Crippen molar-refractivity contribution in [3.05, 3.63) is 84.3 Å². The van der Waals surface area contributed by atoms with E-state index in [1.54, 1.807) is 24.3 Å². The van der Waals surface area contributed by atoms with Crippen LogP contribution in [0.5, 0.6) is 0 Å². The van der Waals surface area contributed by atoms with Crippen molar-refractivity contribution in [2.24, 2.45) is 0 Å². The number of amides is 1. The lowest BCUT2D eigenvalue weighted by atomic mass is 10.1. The highest BCUT2D eigenvalue weighted by molar-refractivity contribution is 7.98. The molecule has 0 spiro atoms. The average Bonchev–Trinajstić information content (AvgIpc) is 3.23. The SMILES string of the molecule is CSc1ccc(CCNC(=O)CCc2ccc(-n3cnc4cccnc43)cc2)cc1. The summed E-state index contributed by atoms with van der Waals surface area (Å²) in [5.41, 5.74) is 5.10. The summed E-state index contributed by atoms with van der Waals surface area (Å²) in [6, 6.07) is 20.5. The topological polar surface area (TPSA) is 59.8 Å². The van der Waals surface area contributed by atoms with E-state index >= 15 is 0 Å². The molecule has 4 rings (SSSR count). The maximum absolute atomic E-state index is 12.2. The summed E-state index contributed by atoms with van der Waals surface area (Å²) < 4.78 is 1.97. The van der Waals surface area contributed by atoms with Crippen LogP contribution in [0.3, 0.4) is 0 Å². The number of rotatable bonds is 8. The van der Waals surface area contributed by atoms with Crippen molar-refractivity contribution in [3.8, 4) is 5.69 Å². The second kappa shape index (κ2) is 9.59. The molecule has 1 N–H and O–H groups in total. The normalized spacial score (nSPS) is 11.0. The predicted octanol–water partition coefficient (Wildman–Crippen LogP) is 4.43. The Morgan fingerprint density at radius 2 is 1.70 bits per heavy atom. The van der Waals surface area contributed by atoms with Gasteiger partial charge in [0.2, 0.25) is 5.91 Å². The molecule has 6 heteroatoms. The maximum Gasteiger partial charge on any atom is 0.220 e. The van der Waals surface area contributed by atoms with Crippen LogP contribution >= 0.6 is 11.8 Å². The van der Waals surface area contributed by atoms with Crippen LogP contribution in [0.2, 0.25) is 0 Å². The minimum Gasteiger partial charge on any atom is -0.356 e. The van der Waals surface area contributed by atoms with Crippen molar-refractivity contribution < 1.29 is 4.79 Å². The summed E-state index contributed by atoms with van der Waals surface area (Å²) in [6.45, 7) is 0.664. The van der Waals surface area contributed by atoms with E-state index in [0.29, 0.717) is 13.0 Å². The summed E-state index contributed by atoms with van der Waals surface area (Å²) in [5, 5.41) is 3.02. The fourth-order valence-electron chi connectivity index (χ4n) is 3.35. The first kappa shape index (κ1) is 20.2. The average molecular weight is 417 g/mol. The second-order valence-electron chi connectivity index (χ2n) is 7.08. The number of aryl methyl sites for hydroxylation is 1. The Morgan fingerprint density at radius 1 is 0.967 bits per heavy atom. The number of imidazole rings is 1. The first-order valence-corrected chi connectivity index (χ1v) is 11.2. The monoisotopic (exact) mass is 416 g/mol. The Bertz CT molecular complexity index is 1120. The van der Waals surface area contributed by atoms with Gasteiger partial charge in [-0.15, -0.1) is 11.8 Å². The molecule has 0 aliphatic carbocycles. The van der Waals surface area contributed by atoms with Crippen molar-refractivity contribution in [2.75, 3.05) is 12.8 Å². The molecular formula is C24H24N4OS. The predicted molar refractivity (Wildman–Crippen MR) is 122 cm³/mol. The molecule has 0 saturated carbocycles. The third-order valence-corrected chi connectivity index (χ3v) is 5.80. The van der Waals surface area contributed by atoms with Gasteiger partial charge in [0.15, 0.2) is 5.65 Å². The fourth-order valence-corrected chi connectivity index (χ4v) is 3.75. The molecule has 1 amide bonds. The van der Waals surface area contributed by atoms with Crippen LogP contribution < -0.4 is 5.32 Å². The lowest BCUT2D eigenvalue weighted by Crippen LogP contribution is -2.25. The summed E-state index contributed by atoms with van der Waals surface area (Å²) in [6.07, 6.45) is 7.68. The Morgan fingerprint density at radius 3 is 2.47 bits per heavy atom. The maximum atomic E-state index is 12.2. The number of carbonyl (C=O) groups excluding carboxylic acids is 1. The minimum atomic E-state index is 0.0876. The van der Waals surface area contributed by atoms with E-state index in [2.05, 4.69) is 57.9 Å². The van der Waals surface area contributed by atoms with Gasteiger partial charge in [-0.25, -0.2) is 9.97 Å². The molecule has 2 aromatic heterocycles. The molecule has 0 saturated heterocycles. The van der Waals surface area contributed by atoms with Gasteiger partial charge in [0.05, 0.1) is 0 Å². The van der Waals surface area contributed by atoms with Crippen LogP contribution in [0.15, 0.2) is 78.1 Å². The molecule has 0 aliphatic rings. The molecule has 0 unspecified atom stereocenters. The molecule has 30 heavy (non-hydrogen) atoms. The number of benzene rings is 2. The number of thioether (sulfide) groups is 1. The summed E-state index contributed by atoms with van der Waals surface area (Å²) >= 11 is 1.73. The highest BCUT2D eigenvalue weighted by Crippen LogP contribution is 2.17. The molecule has 0 radical (unpaired) electrons. The number of hydrogen-bond donors (Lipinski definition) is 1. The molecule has 2 heterocycles. The summed E-state index contributed by atoms with van der Waals surface area (Å²) in [5.74, 6) is 0.0876. The zero-order valence-electron chi connectivity index (χ0n) is 16.9. The van der Waals surface area contributed by atoms with Gasteiger partial charge in [0.1, 0.15) is 11.8 Å². The van der Waals surface area contributed by atoms with Gasteiger partial charge in [-0.05, 0) is 66.6 Å². The van der Waals surface area contributed by atoms with E-state index in [1.165, 1.54) is 10.5 Å². The summed E-state index contributed by atoms with van der Waals surface area (Å²) in [4.78, 5) is 22.2. The molecule has 0 fully saturated rings. The highest BCUT2D eigenvalue weighted by atomic mass is 32.2. The van der Waals surface area contributed by atoms with Crippen LogP contribution in [0.4, 0.5) is 0 Å². The van der Waals surface area contributed by atoms with Crippen molar-refractivity contribution >= 4 is 28.8 Å². The molecular weight excluding hydrogens is 392 g/mol. The largest absolute Gasteiger partial charge is 0.356 e. The van der Waals surface area contributed by atoms with Crippen LogP contribution in [-0.2, 0) is 17.6 Å². The van der Waals surface area contributed by atoms with Gasteiger partial charge >= 0.3 is 0 Å². The van der Waals surface area contributed by atoms with Crippen molar-refractivity contribution in [1.82, 2.24) is 19.9 Å². The third-order valence-electron chi connectivity index (χ3n) is 5.06. The quantitative estimate of drug-likeness (QED) is 0.432. The van der Waals surface area contributed by atoms with E-state index < -0.39 is 0 Å². The van der Waals surface area contributed by atoms with Gasteiger partial charge in [-0.1, -0.05) is 24.3 Å². The van der Waals surface area contributed by atoms with Crippen LogP contribution in [0.1, 0.15) is 17.5 Å². The Labute approximate surface area is 180 Å². The van der Waals surface area contributed by atoms with Gasteiger partial charge in [0.25, 0.3) is 0 Å². The van der Waals surface area contributed by atoms with Crippen LogP contribution in [0.25, 0.3) is 16.9 Å². The second-order valence-corrected chi connectivity index (χ2v) is 7.95. The third kappa shape index (κ3) is 4.89. The fraction of sp³-hybridized carbons (Fsp3) is 0.208. The van der Waals surface area contributed by atoms with Gasteiger partial charge in [-0.2, -0.15) is 0 Å². The van der Waals surface area contributed by atoms with E-state index in [4.69, 9.17) is 0 Å². The van der Waals surface area contributed by atoms with Gasteiger partial charge in [0, 0.05) is 29.7 Å². The molecule has 0 bridgehead atoms. The lowest BCUT2D eigenvalue weighted by molar-refractivity contribution is -0.121. The number of nitrogens with zero attached hydrogens (tertiary/aromatic N) is 3. The van der Waals surface area contributed by atoms with E-state index in [-0.39, 0.29) is 5.91 Å². The Kier molecular flexibility index (Phi) is 6.44. The van der Waals surface area contributed by atoms with Crippen molar-refractivity contribution in [3.63, 3.8) is 0 Å². The van der Waals surface area contributed by atoms with E-state index in [0.717, 1.165) is 35.3 Å². The standard InChI is InChI=1S/C24H24N4OS/c1-30-21-11-6-19(7-12-21)14-16-25-23(29)13-8-18-4-9-20(10-5-18)28-17-27-22-3-2-15-26-24(22)28/h2-7,9-12,15,17H,8,13-14,16H2,1H3,(H,25,29). The van der Waals surface area contributed by atoms with Gasteiger partial charge in [-0.3, -0.25) is 9.36 Å².